The molecule has 3 heterocycles. The fraction of sp³-hybridized carbons (Fsp3) is 0.0476. The van der Waals surface area contributed by atoms with Crippen molar-refractivity contribution in [3.8, 4) is 29.1 Å². The zero-order valence-corrected chi connectivity index (χ0v) is 15.7. The number of furan rings is 1. The van der Waals surface area contributed by atoms with Gasteiger partial charge in [-0.3, -0.25) is 0 Å². The molecule has 30 heavy (non-hydrogen) atoms. The summed E-state index contributed by atoms with van der Waals surface area (Å²) < 4.78 is 18.1. The van der Waals surface area contributed by atoms with Gasteiger partial charge in [0.25, 0.3) is 5.78 Å². The van der Waals surface area contributed by atoms with Crippen LogP contribution in [0.4, 0.5) is 5.95 Å². The molecule has 0 bridgehead atoms. The summed E-state index contributed by atoms with van der Waals surface area (Å²) in [6.45, 7) is 0.488. The van der Waals surface area contributed by atoms with Crippen molar-refractivity contribution >= 4 is 11.7 Å². The lowest BCUT2D eigenvalue weighted by atomic mass is 10.2. The SMILES string of the molecule is Nc1nc(Oc2ccc(OCc3ccccc3)cc2)nc2nc(-c3ccco3)nn12. The predicted octanol–water partition coefficient (Wildman–Crippen LogP) is 3.73. The minimum atomic E-state index is 0.0661. The van der Waals surface area contributed by atoms with Gasteiger partial charge in [-0.15, -0.1) is 5.10 Å². The van der Waals surface area contributed by atoms with Gasteiger partial charge in [-0.25, -0.2) is 0 Å². The van der Waals surface area contributed by atoms with E-state index in [4.69, 9.17) is 19.6 Å². The van der Waals surface area contributed by atoms with E-state index >= 15 is 0 Å². The number of anilines is 1. The van der Waals surface area contributed by atoms with Gasteiger partial charge in [-0.05, 0) is 42.0 Å². The van der Waals surface area contributed by atoms with Crippen LogP contribution in [0.3, 0.4) is 0 Å². The molecule has 0 fully saturated rings. The van der Waals surface area contributed by atoms with Crippen LogP contribution in [0.15, 0.2) is 77.4 Å². The Morgan fingerprint density at radius 1 is 0.867 bits per heavy atom. The summed E-state index contributed by atoms with van der Waals surface area (Å²) >= 11 is 0. The topological polar surface area (TPSA) is 114 Å². The fourth-order valence-electron chi connectivity index (χ4n) is 2.79. The third-order valence-corrected chi connectivity index (χ3v) is 4.24. The van der Waals surface area contributed by atoms with Crippen LogP contribution >= 0.6 is 0 Å². The summed E-state index contributed by atoms with van der Waals surface area (Å²) in [6, 6.07) is 20.7. The zero-order valence-electron chi connectivity index (χ0n) is 15.7. The van der Waals surface area contributed by atoms with Crippen molar-refractivity contribution in [3.05, 3.63) is 78.6 Å². The molecule has 0 unspecified atom stereocenters. The number of nitrogen functional groups attached to an aromatic ring is 1. The summed E-state index contributed by atoms with van der Waals surface area (Å²) in [4.78, 5) is 12.7. The summed E-state index contributed by atoms with van der Waals surface area (Å²) in [5, 5.41) is 4.25. The highest BCUT2D eigenvalue weighted by Gasteiger charge is 2.14. The molecule has 0 atom stereocenters. The molecule has 3 aromatic heterocycles. The second-order valence-electron chi connectivity index (χ2n) is 6.34. The Hall–Kier alpha value is -4.40. The van der Waals surface area contributed by atoms with Crippen LogP contribution in [0.25, 0.3) is 17.4 Å². The molecule has 2 aromatic carbocycles. The molecular formula is C21H16N6O3. The van der Waals surface area contributed by atoms with Crippen molar-refractivity contribution in [2.24, 2.45) is 0 Å². The van der Waals surface area contributed by atoms with Crippen LogP contribution in [0.1, 0.15) is 5.56 Å². The molecule has 0 amide bonds. The van der Waals surface area contributed by atoms with E-state index in [1.54, 1.807) is 24.3 Å². The van der Waals surface area contributed by atoms with Crippen molar-refractivity contribution in [3.63, 3.8) is 0 Å². The van der Waals surface area contributed by atoms with Gasteiger partial charge in [0, 0.05) is 0 Å². The highest BCUT2D eigenvalue weighted by atomic mass is 16.5. The first-order valence-corrected chi connectivity index (χ1v) is 9.13. The Kier molecular flexibility index (Phi) is 4.45. The van der Waals surface area contributed by atoms with E-state index in [1.807, 2.05) is 42.5 Å². The van der Waals surface area contributed by atoms with E-state index in [9.17, 15) is 0 Å². The number of nitrogens with zero attached hydrogens (tertiary/aromatic N) is 5. The van der Waals surface area contributed by atoms with Gasteiger partial charge in [0.2, 0.25) is 11.8 Å². The lowest BCUT2D eigenvalue weighted by Gasteiger charge is -2.08. The second kappa shape index (κ2) is 7.55. The van der Waals surface area contributed by atoms with Crippen molar-refractivity contribution in [2.45, 2.75) is 6.61 Å². The van der Waals surface area contributed by atoms with Gasteiger partial charge in [-0.2, -0.15) is 19.5 Å². The Morgan fingerprint density at radius 2 is 1.67 bits per heavy atom. The smallest absolute Gasteiger partial charge is 0.328 e. The summed E-state index contributed by atoms with van der Waals surface area (Å²) in [5.41, 5.74) is 7.07. The number of hydrogen-bond acceptors (Lipinski definition) is 8. The maximum atomic E-state index is 5.98. The molecule has 2 N–H and O–H groups in total. The molecule has 5 rings (SSSR count). The van der Waals surface area contributed by atoms with Gasteiger partial charge in [0.1, 0.15) is 18.1 Å². The molecule has 9 heteroatoms. The van der Waals surface area contributed by atoms with Gasteiger partial charge in [-0.1, -0.05) is 30.3 Å². The average molecular weight is 400 g/mol. The van der Waals surface area contributed by atoms with Crippen LogP contribution in [-0.4, -0.2) is 24.6 Å². The molecule has 0 saturated carbocycles. The number of ether oxygens (including phenoxy) is 2. The van der Waals surface area contributed by atoms with Gasteiger partial charge >= 0.3 is 6.01 Å². The number of nitrogens with two attached hydrogens (primary N) is 1. The Morgan fingerprint density at radius 3 is 2.43 bits per heavy atom. The van der Waals surface area contributed by atoms with E-state index in [-0.39, 0.29) is 17.7 Å². The van der Waals surface area contributed by atoms with Gasteiger partial charge in [0.15, 0.2) is 5.76 Å². The van der Waals surface area contributed by atoms with Crippen LogP contribution in [-0.2, 0) is 6.61 Å². The van der Waals surface area contributed by atoms with Crippen molar-refractivity contribution in [1.29, 1.82) is 0 Å². The summed E-state index contributed by atoms with van der Waals surface area (Å²) in [6.07, 6.45) is 1.54. The van der Waals surface area contributed by atoms with E-state index in [0.29, 0.717) is 23.9 Å². The van der Waals surface area contributed by atoms with Crippen LogP contribution in [0, 0.1) is 0 Å². The Labute approximate surface area is 170 Å². The van der Waals surface area contributed by atoms with Gasteiger partial charge < -0.3 is 19.6 Å². The lowest BCUT2D eigenvalue weighted by molar-refractivity contribution is 0.305. The molecule has 9 nitrogen and oxygen atoms in total. The van der Waals surface area contributed by atoms with Crippen LogP contribution in [0.2, 0.25) is 0 Å². The predicted molar refractivity (Wildman–Crippen MR) is 108 cm³/mol. The van der Waals surface area contributed by atoms with Crippen LogP contribution < -0.4 is 15.2 Å². The maximum absolute atomic E-state index is 5.98. The molecule has 5 aromatic rings. The first-order chi connectivity index (χ1) is 14.7. The number of benzene rings is 2. The summed E-state index contributed by atoms with van der Waals surface area (Å²) in [7, 11) is 0. The molecule has 0 aliphatic carbocycles. The highest BCUT2D eigenvalue weighted by molar-refractivity contribution is 5.51. The van der Waals surface area contributed by atoms with E-state index in [0.717, 1.165) is 11.3 Å². The normalized spacial score (nSPS) is 10.9. The van der Waals surface area contributed by atoms with E-state index in [1.165, 1.54) is 10.8 Å². The minimum Gasteiger partial charge on any atom is -0.489 e. The summed E-state index contributed by atoms with van der Waals surface area (Å²) in [5.74, 6) is 2.49. The molecule has 0 aliphatic heterocycles. The molecular weight excluding hydrogens is 384 g/mol. The average Bonchev–Trinajstić information content (AvgIpc) is 3.44. The number of hydrogen-bond donors (Lipinski definition) is 1. The fourth-order valence-corrected chi connectivity index (χ4v) is 2.79. The first kappa shape index (κ1) is 17.7. The number of rotatable bonds is 6. The standard InChI is InChI=1S/C21H16N6O3/c22-19-24-21(25-20-23-18(26-27(19)20)17-7-4-12-28-17)30-16-10-8-15(9-11-16)29-13-14-5-2-1-3-6-14/h1-12H,13H2,(H2,22,23,24,25,26). The molecule has 0 aliphatic rings. The Balaban J connectivity index is 1.31. The van der Waals surface area contributed by atoms with Crippen molar-refractivity contribution in [1.82, 2.24) is 24.6 Å². The highest BCUT2D eigenvalue weighted by Crippen LogP contribution is 2.24. The third kappa shape index (κ3) is 3.63. The molecule has 148 valence electrons. The first-order valence-electron chi connectivity index (χ1n) is 9.13. The van der Waals surface area contributed by atoms with E-state index in [2.05, 4.69) is 20.1 Å². The maximum Gasteiger partial charge on any atom is 0.328 e. The molecule has 0 saturated heterocycles. The molecule has 0 radical (unpaired) electrons. The van der Waals surface area contributed by atoms with Crippen molar-refractivity contribution in [2.75, 3.05) is 5.73 Å². The number of fused-ring (bicyclic) bond motifs is 1. The monoisotopic (exact) mass is 400 g/mol. The van der Waals surface area contributed by atoms with Crippen LogP contribution in [0.5, 0.6) is 17.5 Å². The lowest BCUT2D eigenvalue weighted by Crippen LogP contribution is -2.05. The number of aromatic nitrogens is 5. The Bertz CT molecular complexity index is 1270. The van der Waals surface area contributed by atoms with Crippen molar-refractivity contribution < 1.29 is 13.9 Å². The second-order valence-corrected chi connectivity index (χ2v) is 6.34. The van der Waals surface area contributed by atoms with Gasteiger partial charge in [0.05, 0.1) is 6.26 Å². The third-order valence-electron chi connectivity index (χ3n) is 4.24. The molecule has 0 spiro atoms. The minimum absolute atomic E-state index is 0.0661. The zero-order chi connectivity index (χ0) is 20.3. The quantitative estimate of drug-likeness (QED) is 0.459. The van der Waals surface area contributed by atoms with E-state index < -0.39 is 0 Å². The largest absolute Gasteiger partial charge is 0.489 e.